The zero-order valence-corrected chi connectivity index (χ0v) is 18.2. The van der Waals surface area contributed by atoms with Gasteiger partial charge in [0.15, 0.2) is 0 Å². The number of benzene rings is 4. The van der Waals surface area contributed by atoms with Gasteiger partial charge in [0.2, 0.25) is 0 Å². The van der Waals surface area contributed by atoms with Gasteiger partial charge in [0.1, 0.15) is 0 Å². The molecule has 1 aliphatic rings. The number of hydrogen-bond acceptors (Lipinski definition) is 3. The summed E-state index contributed by atoms with van der Waals surface area (Å²) in [7, 11) is 0. The Bertz CT molecular complexity index is 1230. The first-order chi connectivity index (χ1) is 15.8. The number of halogens is 1. The lowest BCUT2D eigenvalue weighted by Crippen LogP contribution is -2.18. The third kappa shape index (κ3) is 4.48. The third-order valence-corrected chi connectivity index (χ3v) is 5.80. The van der Waals surface area contributed by atoms with Crippen LogP contribution >= 0.6 is 11.6 Å². The van der Waals surface area contributed by atoms with Crippen molar-refractivity contribution in [1.82, 2.24) is 0 Å². The van der Waals surface area contributed by atoms with Crippen LogP contribution in [0.1, 0.15) is 29.2 Å². The number of anilines is 1. The van der Waals surface area contributed by atoms with Gasteiger partial charge in [0.25, 0.3) is 0 Å². The van der Waals surface area contributed by atoms with E-state index in [1.807, 2.05) is 66.9 Å². The topological polar surface area (TPSA) is 28.0 Å². The fraction of sp³-hybridized carbons (Fsp3) is 0.0714. The number of para-hydroxylation sites is 1. The van der Waals surface area contributed by atoms with Crippen LogP contribution in [-0.4, -0.2) is 11.9 Å². The van der Waals surface area contributed by atoms with Crippen LogP contribution in [0.2, 0.25) is 5.02 Å². The van der Waals surface area contributed by atoms with E-state index in [2.05, 4.69) is 58.5 Å². The average molecular weight is 436 g/mol. The van der Waals surface area contributed by atoms with Crippen LogP contribution in [0.4, 0.5) is 11.4 Å². The summed E-state index contributed by atoms with van der Waals surface area (Å²) in [6, 6.07) is 36.9. The molecular formula is C28H22ClN3. The van der Waals surface area contributed by atoms with Crippen molar-refractivity contribution in [2.75, 3.05) is 5.01 Å². The summed E-state index contributed by atoms with van der Waals surface area (Å²) < 4.78 is 0. The minimum atomic E-state index is 0.144. The fourth-order valence-electron chi connectivity index (χ4n) is 3.88. The largest absolute Gasteiger partial charge is 0.257 e. The van der Waals surface area contributed by atoms with Gasteiger partial charge >= 0.3 is 0 Å². The smallest absolute Gasteiger partial charge is 0.0831 e. The summed E-state index contributed by atoms with van der Waals surface area (Å²) in [6.45, 7) is 0. The van der Waals surface area contributed by atoms with Gasteiger partial charge in [0.05, 0.1) is 23.1 Å². The lowest BCUT2D eigenvalue weighted by Gasteiger charge is -2.24. The maximum absolute atomic E-state index is 6.09. The van der Waals surface area contributed by atoms with Crippen molar-refractivity contribution in [3.63, 3.8) is 0 Å². The van der Waals surface area contributed by atoms with E-state index in [0.717, 1.165) is 39.7 Å². The molecule has 3 nitrogen and oxygen atoms in total. The zero-order chi connectivity index (χ0) is 21.8. The summed E-state index contributed by atoms with van der Waals surface area (Å²) >= 11 is 6.09. The normalized spacial score (nSPS) is 15.8. The Morgan fingerprint density at radius 1 is 0.781 bits per heavy atom. The van der Waals surface area contributed by atoms with Crippen molar-refractivity contribution in [3.05, 3.63) is 131 Å². The molecule has 5 rings (SSSR count). The second-order valence-electron chi connectivity index (χ2n) is 7.71. The molecule has 1 aliphatic heterocycles. The minimum absolute atomic E-state index is 0.144. The minimum Gasteiger partial charge on any atom is -0.257 e. The van der Waals surface area contributed by atoms with E-state index in [9.17, 15) is 0 Å². The van der Waals surface area contributed by atoms with Crippen molar-refractivity contribution in [3.8, 4) is 0 Å². The molecule has 1 unspecified atom stereocenters. The second kappa shape index (κ2) is 9.21. The molecule has 0 bridgehead atoms. The standard InChI is InChI=1S/C28H22ClN3/c29-24-15-13-22(14-16-24)27-19-28(23-7-3-1-4-8-23)32(31-27)26-17-11-21(12-18-26)20-30-25-9-5-2-6-10-25/h1-18,20,28H,19H2. The highest BCUT2D eigenvalue weighted by Crippen LogP contribution is 2.36. The van der Waals surface area contributed by atoms with Crippen molar-refractivity contribution in [2.45, 2.75) is 12.5 Å². The average Bonchev–Trinajstić information content (AvgIpc) is 3.30. The molecule has 0 saturated carbocycles. The summed E-state index contributed by atoms with van der Waals surface area (Å²) in [6.07, 6.45) is 2.73. The second-order valence-corrected chi connectivity index (χ2v) is 8.15. The highest BCUT2D eigenvalue weighted by Gasteiger charge is 2.29. The number of aliphatic imine (C=N–C) groups is 1. The Balaban J connectivity index is 1.44. The zero-order valence-electron chi connectivity index (χ0n) is 17.5. The van der Waals surface area contributed by atoms with Crippen molar-refractivity contribution >= 4 is 34.9 Å². The van der Waals surface area contributed by atoms with Gasteiger partial charge < -0.3 is 0 Å². The molecule has 32 heavy (non-hydrogen) atoms. The molecular weight excluding hydrogens is 414 g/mol. The van der Waals surface area contributed by atoms with E-state index >= 15 is 0 Å². The van der Waals surface area contributed by atoms with E-state index in [4.69, 9.17) is 16.7 Å². The Morgan fingerprint density at radius 3 is 2.12 bits per heavy atom. The number of hydrazone groups is 1. The first-order valence-corrected chi connectivity index (χ1v) is 11.0. The molecule has 0 aliphatic carbocycles. The summed E-state index contributed by atoms with van der Waals surface area (Å²) in [5.41, 5.74) is 6.46. The van der Waals surface area contributed by atoms with Gasteiger partial charge in [-0.2, -0.15) is 5.10 Å². The number of nitrogens with zero attached hydrogens (tertiary/aromatic N) is 3. The molecule has 0 spiro atoms. The van der Waals surface area contributed by atoms with E-state index in [1.54, 1.807) is 0 Å². The molecule has 0 amide bonds. The maximum atomic E-state index is 6.09. The van der Waals surface area contributed by atoms with E-state index < -0.39 is 0 Å². The van der Waals surface area contributed by atoms with Crippen LogP contribution in [0.3, 0.4) is 0 Å². The highest BCUT2D eigenvalue weighted by atomic mass is 35.5. The van der Waals surface area contributed by atoms with Crippen molar-refractivity contribution in [1.29, 1.82) is 0 Å². The van der Waals surface area contributed by atoms with Crippen LogP contribution in [0.25, 0.3) is 0 Å². The third-order valence-electron chi connectivity index (χ3n) is 5.55. The summed E-state index contributed by atoms with van der Waals surface area (Å²) in [4.78, 5) is 4.55. The van der Waals surface area contributed by atoms with Crippen molar-refractivity contribution in [2.24, 2.45) is 10.1 Å². The van der Waals surface area contributed by atoms with Gasteiger partial charge in [0, 0.05) is 17.7 Å². The molecule has 4 heteroatoms. The van der Waals surface area contributed by atoms with E-state index in [-0.39, 0.29) is 6.04 Å². The van der Waals surface area contributed by atoms with Gasteiger partial charge in [-0.15, -0.1) is 0 Å². The molecule has 4 aromatic rings. The van der Waals surface area contributed by atoms with Gasteiger partial charge in [-0.3, -0.25) is 10.0 Å². The molecule has 0 aromatic heterocycles. The molecule has 1 atom stereocenters. The first-order valence-electron chi connectivity index (χ1n) is 10.6. The summed E-state index contributed by atoms with van der Waals surface area (Å²) in [5, 5.41) is 7.87. The van der Waals surface area contributed by atoms with Gasteiger partial charge in [-0.1, -0.05) is 84.4 Å². The molecule has 1 heterocycles. The lowest BCUT2D eigenvalue weighted by molar-refractivity contribution is 0.709. The van der Waals surface area contributed by atoms with Crippen molar-refractivity contribution < 1.29 is 0 Å². The highest BCUT2D eigenvalue weighted by molar-refractivity contribution is 6.30. The molecule has 156 valence electrons. The fourth-order valence-corrected chi connectivity index (χ4v) is 4.00. The van der Waals surface area contributed by atoms with E-state index in [0.29, 0.717) is 0 Å². The number of hydrogen-bond donors (Lipinski definition) is 0. The number of rotatable bonds is 5. The molecule has 0 fully saturated rings. The summed E-state index contributed by atoms with van der Waals surface area (Å²) in [5.74, 6) is 0. The Hall–Kier alpha value is -3.69. The molecule has 4 aromatic carbocycles. The quantitative estimate of drug-likeness (QED) is 0.299. The Morgan fingerprint density at radius 2 is 1.44 bits per heavy atom. The Kier molecular flexibility index (Phi) is 5.82. The van der Waals surface area contributed by atoms with Crippen LogP contribution in [0.5, 0.6) is 0 Å². The van der Waals surface area contributed by atoms with Gasteiger partial charge in [-0.25, -0.2) is 0 Å². The van der Waals surface area contributed by atoms with Crippen LogP contribution < -0.4 is 5.01 Å². The van der Waals surface area contributed by atoms with Crippen LogP contribution in [0.15, 0.2) is 119 Å². The predicted molar refractivity (Wildman–Crippen MR) is 134 cm³/mol. The SMILES string of the molecule is Clc1ccc(C2=NN(c3ccc(C=Nc4ccccc4)cc3)C(c3ccccc3)C2)cc1. The lowest BCUT2D eigenvalue weighted by atomic mass is 9.98. The molecule has 0 N–H and O–H groups in total. The monoisotopic (exact) mass is 435 g/mol. The first kappa shape index (κ1) is 20.2. The Labute approximate surface area is 193 Å². The van der Waals surface area contributed by atoms with E-state index in [1.165, 1.54) is 5.56 Å². The molecule has 0 radical (unpaired) electrons. The maximum Gasteiger partial charge on any atom is 0.0831 e. The predicted octanol–water partition coefficient (Wildman–Crippen LogP) is 7.45. The van der Waals surface area contributed by atoms with Gasteiger partial charge in [-0.05, 0) is 53.1 Å². The van der Waals surface area contributed by atoms with Crippen LogP contribution in [0, 0.1) is 0 Å². The molecule has 0 saturated heterocycles. The van der Waals surface area contributed by atoms with Crippen LogP contribution in [-0.2, 0) is 0 Å².